The van der Waals surface area contributed by atoms with Crippen LogP contribution in [0.4, 0.5) is 5.69 Å². The summed E-state index contributed by atoms with van der Waals surface area (Å²) >= 11 is 0. The van der Waals surface area contributed by atoms with Crippen LogP contribution < -0.4 is 14.5 Å². The second-order valence-electron chi connectivity index (χ2n) is 8.21. The van der Waals surface area contributed by atoms with Gasteiger partial charge in [-0.05, 0) is 67.4 Å². The monoisotopic (exact) mass is 458 g/mol. The molecule has 5 rings (SSSR count). The second kappa shape index (κ2) is 9.09. The lowest BCUT2D eigenvalue weighted by atomic mass is 9.76. The zero-order chi connectivity index (χ0) is 23.7. The molecule has 9 nitrogen and oxygen atoms in total. The van der Waals surface area contributed by atoms with Crippen LogP contribution in [0, 0.1) is 11.8 Å². The summed E-state index contributed by atoms with van der Waals surface area (Å²) in [4.78, 5) is 15.0. The van der Waals surface area contributed by atoms with Crippen molar-refractivity contribution in [3.05, 3.63) is 60.2 Å². The van der Waals surface area contributed by atoms with Crippen LogP contribution >= 0.6 is 0 Å². The van der Waals surface area contributed by atoms with Crippen LogP contribution in [-0.4, -0.2) is 46.0 Å². The Bertz CT molecular complexity index is 1260. The lowest BCUT2D eigenvalue weighted by Gasteiger charge is -2.37. The molecule has 3 aromatic rings. The molecule has 0 radical (unpaired) electrons. The van der Waals surface area contributed by atoms with Crippen LogP contribution in [0.15, 0.2) is 59.7 Å². The quantitative estimate of drug-likeness (QED) is 0.523. The highest BCUT2D eigenvalue weighted by molar-refractivity contribution is 6.11. The Labute approximate surface area is 197 Å². The average Bonchev–Trinajstić information content (AvgIpc) is 3.38. The van der Waals surface area contributed by atoms with Gasteiger partial charge >= 0.3 is 0 Å². The van der Waals surface area contributed by atoms with Crippen molar-refractivity contribution in [2.45, 2.75) is 26.3 Å². The Hall–Kier alpha value is -4.01. The smallest absolute Gasteiger partial charge is 0.251 e. The Morgan fingerprint density at radius 3 is 2.32 bits per heavy atom. The predicted molar refractivity (Wildman–Crippen MR) is 128 cm³/mol. The highest BCUT2D eigenvalue weighted by Crippen LogP contribution is 2.38. The van der Waals surface area contributed by atoms with Gasteiger partial charge in [-0.3, -0.25) is 4.79 Å². The van der Waals surface area contributed by atoms with Gasteiger partial charge in [-0.15, -0.1) is 10.2 Å². The van der Waals surface area contributed by atoms with Crippen LogP contribution in [0.25, 0.3) is 11.4 Å². The van der Waals surface area contributed by atoms with Gasteiger partial charge in [-0.1, -0.05) is 12.2 Å². The standard InChI is InChI=1S/C25H26N6O3/c1-4-30-28-24(26-29-30)16-9-12-18(13-10-16)31-25(32)20-8-6-5-7-19(20)23(27-31)17-11-14-21(33-2)22(15-17)34-3/h5-6,9-15,19-20H,4,7-8H2,1-3H3. The van der Waals surface area contributed by atoms with E-state index in [1.165, 1.54) is 9.81 Å². The Kier molecular flexibility index (Phi) is 5.83. The molecule has 1 amide bonds. The first-order valence-corrected chi connectivity index (χ1v) is 11.3. The predicted octanol–water partition coefficient (Wildman–Crippen LogP) is 3.71. The van der Waals surface area contributed by atoms with Crippen LogP contribution in [0.5, 0.6) is 11.5 Å². The Morgan fingerprint density at radius 2 is 1.65 bits per heavy atom. The molecule has 0 bridgehead atoms. The first kappa shape index (κ1) is 21.8. The van der Waals surface area contributed by atoms with Gasteiger partial charge < -0.3 is 9.47 Å². The maximum atomic E-state index is 13.5. The number of anilines is 1. The zero-order valence-electron chi connectivity index (χ0n) is 19.4. The van der Waals surface area contributed by atoms with Gasteiger partial charge in [0.15, 0.2) is 11.5 Å². The number of carbonyl (C=O) groups excluding carboxylic acids is 1. The fraction of sp³-hybridized carbons (Fsp3) is 0.320. The molecule has 0 saturated heterocycles. The summed E-state index contributed by atoms with van der Waals surface area (Å²) in [6.07, 6.45) is 5.68. The number of hydrogen-bond donors (Lipinski definition) is 0. The summed E-state index contributed by atoms with van der Waals surface area (Å²) in [5.41, 5.74) is 3.31. The highest BCUT2D eigenvalue weighted by Gasteiger charge is 2.40. The van der Waals surface area contributed by atoms with E-state index in [2.05, 4.69) is 27.6 Å². The molecule has 2 unspecified atom stereocenters. The van der Waals surface area contributed by atoms with Crippen molar-refractivity contribution in [3.63, 3.8) is 0 Å². The number of ether oxygens (including phenoxy) is 2. The number of hydrogen-bond acceptors (Lipinski definition) is 7. The summed E-state index contributed by atoms with van der Waals surface area (Å²) < 4.78 is 10.9. The van der Waals surface area contributed by atoms with E-state index in [9.17, 15) is 4.79 Å². The fourth-order valence-corrected chi connectivity index (χ4v) is 4.47. The van der Waals surface area contributed by atoms with Gasteiger partial charge in [0.05, 0.1) is 38.1 Å². The van der Waals surface area contributed by atoms with Gasteiger partial charge in [0.25, 0.3) is 5.91 Å². The van der Waals surface area contributed by atoms with E-state index in [4.69, 9.17) is 14.6 Å². The number of methoxy groups -OCH3 is 2. The molecule has 2 heterocycles. The average molecular weight is 459 g/mol. The Balaban J connectivity index is 1.53. The van der Waals surface area contributed by atoms with Crippen molar-refractivity contribution in [3.8, 4) is 22.9 Å². The molecule has 0 spiro atoms. The molecule has 174 valence electrons. The molecule has 2 aliphatic rings. The number of fused-ring (bicyclic) bond motifs is 1. The molecule has 0 fully saturated rings. The zero-order valence-corrected chi connectivity index (χ0v) is 19.4. The van der Waals surface area contributed by atoms with E-state index in [0.717, 1.165) is 23.3 Å². The van der Waals surface area contributed by atoms with Crippen molar-refractivity contribution >= 4 is 17.3 Å². The number of tetrazole rings is 1. The van der Waals surface area contributed by atoms with Crippen molar-refractivity contribution in [1.82, 2.24) is 20.2 Å². The molecular weight excluding hydrogens is 432 g/mol. The van der Waals surface area contributed by atoms with Crippen molar-refractivity contribution in [1.29, 1.82) is 0 Å². The number of benzene rings is 2. The van der Waals surface area contributed by atoms with Crippen LogP contribution in [0.1, 0.15) is 25.3 Å². The molecule has 1 aromatic heterocycles. The number of aromatic nitrogens is 4. The molecule has 0 saturated carbocycles. The van der Waals surface area contributed by atoms with Gasteiger partial charge in [-0.25, -0.2) is 5.01 Å². The van der Waals surface area contributed by atoms with Crippen molar-refractivity contribution < 1.29 is 14.3 Å². The molecule has 9 heteroatoms. The second-order valence-corrected chi connectivity index (χ2v) is 8.21. The fourth-order valence-electron chi connectivity index (χ4n) is 4.47. The third kappa shape index (κ3) is 3.83. The molecular formula is C25H26N6O3. The van der Waals surface area contributed by atoms with Crippen molar-refractivity contribution in [2.75, 3.05) is 19.2 Å². The Morgan fingerprint density at radius 1 is 0.941 bits per heavy atom. The number of hydrazone groups is 1. The minimum Gasteiger partial charge on any atom is -0.493 e. The third-order valence-electron chi connectivity index (χ3n) is 6.30. The first-order chi connectivity index (χ1) is 16.6. The van der Waals surface area contributed by atoms with Crippen LogP contribution in [0.3, 0.4) is 0 Å². The van der Waals surface area contributed by atoms with E-state index < -0.39 is 0 Å². The largest absolute Gasteiger partial charge is 0.493 e. The minimum atomic E-state index is -0.170. The lowest BCUT2D eigenvalue weighted by molar-refractivity contribution is -0.123. The van der Waals surface area contributed by atoms with Gasteiger partial charge in [0.1, 0.15) is 0 Å². The summed E-state index contributed by atoms with van der Waals surface area (Å²) in [5, 5.41) is 18.8. The van der Waals surface area contributed by atoms with Crippen LogP contribution in [0.2, 0.25) is 0 Å². The molecule has 1 aliphatic heterocycles. The number of amides is 1. The summed E-state index contributed by atoms with van der Waals surface area (Å²) in [6, 6.07) is 13.3. The summed E-state index contributed by atoms with van der Waals surface area (Å²) in [6.45, 7) is 2.61. The van der Waals surface area contributed by atoms with E-state index >= 15 is 0 Å². The SMILES string of the molecule is CCn1nnc(-c2ccc(N3N=C(c4ccc(OC)c(OC)c4)C4CC=CCC4C3=O)cc2)n1. The number of aryl methyl sites for hydroxylation is 1. The lowest BCUT2D eigenvalue weighted by Crippen LogP contribution is -2.45. The van der Waals surface area contributed by atoms with E-state index in [1.807, 2.05) is 49.4 Å². The maximum Gasteiger partial charge on any atom is 0.251 e. The topological polar surface area (TPSA) is 94.7 Å². The van der Waals surface area contributed by atoms with E-state index in [0.29, 0.717) is 36.0 Å². The summed E-state index contributed by atoms with van der Waals surface area (Å²) in [7, 11) is 3.22. The number of nitrogens with zero attached hydrogens (tertiary/aromatic N) is 6. The molecule has 2 aromatic carbocycles. The van der Waals surface area contributed by atoms with Gasteiger partial charge in [0, 0.05) is 17.0 Å². The molecule has 2 atom stereocenters. The number of rotatable bonds is 6. The molecule has 1 aliphatic carbocycles. The minimum absolute atomic E-state index is 0.00128. The van der Waals surface area contributed by atoms with Gasteiger partial charge in [0.2, 0.25) is 5.82 Å². The number of allylic oxidation sites excluding steroid dienone is 2. The normalized spacial score (nSPS) is 19.6. The van der Waals surface area contributed by atoms with E-state index in [1.54, 1.807) is 14.2 Å². The van der Waals surface area contributed by atoms with Gasteiger partial charge in [-0.2, -0.15) is 9.90 Å². The third-order valence-corrected chi connectivity index (χ3v) is 6.30. The summed E-state index contributed by atoms with van der Waals surface area (Å²) in [5.74, 6) is 1.67. The maximum absolute atomic E-state index is 13.5. The van der Waals surface area contributed by atoms with Crippen LogP contribution in [-0.2, 0) is 11.3 Å². The molecule has 0 N–H and O–H groups in total. The van der Waals surface area contributed by atoms with E-state index in [-0.39, 0.29) is 17.7 Å². The molecule has 34 heavy (non-hydrogen) atoms. The number of carbonyl (C=O) groups is 1. The van der Waals surface area contributed by atoms with Crippen molar-refractivity contribution in [2.24, 2.45) is 16.9 Å². The first-order valence-electron chi connectivity index (χ1n) is 11.3. The highest BCUT2D eigenvalue weighted by atomic mass is 16.5.